The summed E-state index contributed by atoms with van der Waals surface area (Å²) in [6, 6.07) is 11.0. The summed E-state index contributed by atoms with van der Waals surface area (Å²) in [5, 5.41) is 17.6. The van der Waals surface area contributed by atoms with Crippen molar-refractivity contribution in [3.05, 3.63) is 86.9 Å². The number of rotatable bonds is 5. The van der Waals surface area contributed by atoms with Crippen LogP contribution in [0.15, 0.2) is 48.5 Å². The number of benzene rings is 2. The van der Waals surface area contributed by atoms with Crippen molar-refractivity contribution in [2.45, 2.75) is 26.9 Å². The number of fused-ring (bicyclic) bond motifs is 1. The Bertz CT molecular complexity index is 1460. The zero-order chi connectivity index (χ0) is 25.5. The zero-order valence-corrected chi connectivity index (χ0v) is 18.7. The van der Waals surface area contributed by atoms with Crippen LogP contribution in [0.5, 0.6) is 11.5 Å². The van der Waals surface area contributed by atoms with Crippen LogP contribution in [-0.4, -0.2) is 25.4 Å². The van der Waals surface area contributed by atoms with Crippen LogP contribution < -0.4 is 10.1 Å². The lowest BCUT2D eigenvalue weighted by molar-refractivity contribution is -0.384. The summed E-state index contributed by atoms with van der Waals surface area (Å²) in [6.07, 6.45) is -4.72. The number of nitrogens with one attached hydrogen (secondary N) is 1. The lowest BCUT2D eigenvalue weighted by atomic mass is 10.1. The molecule has 1 N–H and O–H groups in total. The molecule has 0 saturated carbocycles. The number of aromatic nitrogens is 3. The minimum atomic E-state index is -4.72. The van der Waals surface area contributed by atoms with Crippen LogP contribution in [-0.2, 0) is 6.18 Å². The topological polar surface area (TPSA) is 112 Å². The van der Waals surface area contributed by atoms with Crippen LogP contribution in [0.4, 0.5) is 24.5 Å². The number of halogens is 3. The van der Waals surface area contributed by atoms with Crippen molar-refractivity contribution in [2.75, 3.05) is 5.32 Å². The molecule has 4 aromatic rings. The highest BCUT2D eigenvalue weighted by molar-refractivity contribution is 6.03. The Labute approximate surface area is 196 Å². The summed E-state index contributed by atoms with van der Waals surface area (Å²) in [4.78, 5) is 27.5. The van der Waals surface area contributed by atoms with E-state index in [0.717, 1.165) is 29.3 Å². The minimum absolute atomic E-state index is 0.000755. The van der Waals surface area contributed by atoms with Gasteiger partial charge in [-0.15, -0.1) is 0 Å². The third-order valence-electron chi connectivity index (χ3n) is 4.87. The smallest absolute Gasteiger partial charge is 0.433 e. The summed E-state index contributed by atoms with van der Waals surface area (Å²) in [7, 11) is 0. The highest BCUT2D eigenvalue weighted by Gasteiger charge is 2.35. The molecule has 0 saturated heterocycles. The van der Waals surface area contributed by atoms with Crippen LogP contribution in [0.25, 0.3) is 5.65 Å². The predicted molar refractivity (Wildman–Crippen MR) is 120 cm³/mol. The minimum Gasteiger partial charge on any atom is -0.457 e. The number of non-ortho nitro benzene ring substituents is 1. The first-order valence-corrected chi connectivity index (χ1v) is 10.2. The molecule has 2 aromatic heterocycles. The molecular weight excluding hydrogens is 467 g/mol. The Hall–Kier alpha value is -4.48. The molecule has 9 nitrogen and oxygen atoms in total. The number of nitro benzene ring substituents is 1. The van der Waals surface area contributed by atoms with Gasteiger partial charge in [-0.25, -0.2) is 9.50 Å². The van der Waals surface area contributed by atoms with Crippen LogP contribution in [0.2, 0.25) is 0 Å². The van der Waals surface area contributed by atoms with Crippen LogP contribution in [0, 0.1) is 30.9 Å². The van der Waals surface area contributed by atoms with E-state index in [1.807, 2.05) is 19.9 Å². The van der Waals surface area contributed by atoms with Gasteiger partial charge in [0, 0.05) is 23.9 Å². The molecule has 12 heteroatoms. The van der Waals surface area contributed by atoms with E-state index < -0.39 is 22.7 Å². The lowest BCUT2D eigenvalue weighted by Gasteiger charge is -2.10. The SMILES string of the molecule is Cc1cc(C)cc(Oc2cc(NC(=O)c3cc4nc(C)cc(C(F)(F)F)n4n3)cc([N+](=O)[O-])c2)c1. The number of carbonyl (C=O) groups is 1. The van der Waals surface area contributed by atoms with Gasteiger partial charge in [0.15, 0.2) is 11.3 Å². The second-order valence-corrected chi connectivity index (χ2v) is 7.93. The van der Waals surface area contributed by atoms with Crippen molar-refractivity contribution in [1.29, 1.82) is 0 Å². The summed E-state index contributed by atoms with van der Waals surface area (Å²) >= 11 is 0. The fourth-order valence-corrected chi connectivity index (χ4v) is 3.56. The second-order valence-electron chi connectivity index (χ2n) is 7.93. The number of aryl methyl sites for hydroxylation is 3. The summed E-state index contributed by atoms with van der Waals surface area (Å²) in [5.74, 6) is -0.341. The number of hydrogen-bond acceptors (Lipinski definition) is 6. The van der Waals surface area contributed by atoms with Gasteiger partial charge >= 0.3 is 6.18 Å². The molecule has 0 aliphatic carbocycles. The number of alkyl halides is 3. The molecule has 35 heavy (non-hydrogen) atoms. The van der Waals surface area contributed by atoms with Gasteiger partial charge < -0.3 is 10.1 Å². The number of amides is 1. The van der Waals surface area contributed by atoms with Gasteiger partial charge in [-0.3, -0.25) is 14.9 Å². The third kappa shape index (κ3) is 5.21. The maximum absolute atomic E-state index is 13.4. The summed E-state index contributed by atoms with van der Waals surface area (Å²) < 4.78 is 46.4. The molecular formula is C23H18F3N5O4. The first-order chi connectivity index (χ1) is 16.4. The van der Waals surface area contributed by atoms with Crippen LogP contribution in [0.1, 0.15) is 33.0 Å². The van der Waals surface area contributed by atoms with Crippen molar-refractivity contribution in [3.8, 4) is 11.5 Å². The molecule has 180 valence electrons. The maximum atomic E-state index is 13.4. The maximum Gasteiger partial charge on any atom is 0.433 e. The van der Waals surface area contributed by atoms with E-state index in [1.165, 1.54) is 19.1 Å². The monoisotopic (exact) mass is 485 g/mol. The van der Waals surface area contributed by atoms with E-state index in [-0.39, 0.29) is 34.2 Å². The van der Waals surface area contributed by atoms with Crippen molar-refractivity contribution in [3.63, 3.8) is 0 Å². The van der Waals surface area contributed by atoms with Gasteiger partial charge in [-0.05, 0) is 50.1 Å². The fraction of sp³-hybridized carbons (Fsp3) is 0.174. The molecule has 0 bridgehead atoms. The fourth-order valence-electron chi connectivity index (χ4n) is 3.56. The largest absolute Gasteiger partial charge is 0.457 e. The molecule has 1 amide bonds. The molecule has 0 atom stereocenters. The van der Waals surface area contributed by atoms with Gasteiger partial charge in [-0.2, -0.15) is 18.3 Å². The summed E-state index contributed by atoms with van der Waals surface area (Å²) in [5.41, 5.74) is -0.00489. The number of anilines is 1. The molecule has 0 fully saturated rings. The van der Waals surface area contributed by atoms with Crippen molar-refractivity contribution < 1.29 is 27.6 Å². The first kappa shape index (κ1) is 23.7. The number of nitro groups is 1. The second kappa shape index (κ2) is 8.70. The van der Waals surface area contributed by atoms with E-state index in [2.05, 4.69) is 15.4 Å². The normalized spacial score (nSPS) is 11.5. The standard InChI is InChI=1S/C23H18F3N5O4/c1-12-4-13(2)6-17(5-12)35-18-9-15(8-16(10-18)31(33)34)28-22(32)19-11-21-27-14(3)7-20(23(24,25)26)30(21)29-19/h4-11H,1-3H3,(H,28,32). The van der Waals surface area contributed by atoms with Gasteiger partial charge in [0.1, 0.15) is 17.2 Å². The van der Waals surface area contributed by atoms with Gasteiger partial charge in [0.25, 0.3) is 11.6 Å². The Balaban J connectivity index is 1.67. The van der Waals surface area contributed by atoms with Crippen molar-refractivity contribution in [1.82, 2.24) is 14.6 Å². The molecule has 0 aliphatic heterocycles. The van der Waals surface area contributed by atoms with Gasteiger partial charge in [-0.1, -0.05) is 6.07 Å². The molecule has 4 rings (SSSR count). The Morgan fingerprint density at radius 2 is 1.66 bits per heavy atom. The van der Waals surface area contributed by atoms with Gasteiger partial charge in [0.2, 0.25) is 0 Å². The molecule has 2 aromatic carbocycles. The zero-order valence-electron chi connectivity index (χ0n) is 18.7. The summed E-state index contributed by atoms with van der Waals surface area (Å²) in [6.45, 7) is 5.13. The van der Waals surface area contributed by atoms with Crippen molar-refractivity contribution >= 4 is 22.9 Å². The van der Waals surface area contributed by atoms with E-state index in [9.17, 15) is 28.1 Å². The highest BCUT2D eigenvalue weighted by atomic mass is 19.4. The molecule has 0 spiro atoms. The van der Waals surface area contributed by atoms with E-state index in [4.69, 9.17) is 4.74 Å². The number of carbonyl (C=O) groups excluding carboxylic acids is 1. The predicted octanol–water partition coefficient (Wildman–Crippen LogP) is 5.63. The lowest BCUT2D eigenvalue weighted by Crippen LogP contribution is -2.16. The first-order valence-electron chi connectivity index (χ1n) is 10.2. The number of hydrogen-bond donors (Lipinski definition) is 1. The average molecular weight is 485 g/mol. The van der Waals surface area contributed by atoms with Crippen molar-refractivity contribution in [2.24, 2.45) is 0 Å². The Morgan fingerprint density at radius 1 is 1.00 bits per heavy atom. The van der Waals surface area contributed by atoms with Crippen LogP contribution in [0.3, 0.4) is 0 Å². The molecule has 2 heterocycles. The quantitative estimate of drug-likeness (QED) is 0.290. The molecule has 0 radical (unpaired) electrons. The molecule has 0 aliphatic rings. The van der Waals surface area contributed by atoms with Gasteiger partial charge in [0.05, 0.1) is 16.7 Å². The van der Waals surface area contributed by atoms with Crippen LogP contribution >= 0.6 is 0 Å². The van der Waals surface area contributed by atoms with E-state index in [0.29, 0.717) is 10.3 Å². The van der Waals surface area contributed by atoms with E-state index in [1.54, 1.807) is 12.1 Å². The highest BCUT2D eigenvalue weighted by Crippen LogP contribution is 2.32. The molecule has 0 unspecified atom stereocenters. The Kier molecular flexibility index (Phi) is 5.89. The number of ether oxygens (including phenoxy) is 1. The average Bonchev–Trinajstić information content (AvgIpc) is 3.15. The van der Waals surface area contributed by atoms with E-state index >= 15 is 0 Å². The third-order valence-corrected chi connectivity index (χ3v) is 4.87. The number of nitrogens with zero attached hydrogens (tertiary/aromatic N) is 4. The Morgan fingerprint density at radius 3 is 2.29 bits per heavy atom.